The molecule has 0 aromatic heterocycles. The van der Waals surface area contributed by atoms with Gasteiger partial charge in [-0.3, -0.25) is 9.59 Å². The molecule has 2 fully saturated rings. The highest BCUT2D eigenvalue weighted by Gasteiger charge is 2.60. The van der Waals surface area contributed by atoms with E-state index in [1.165, 1.54) is 19.1 Å². The molecular weight excluding hydrogens is 504 g/mol. The zero-order valence-corrected chi connectivity index (χ0v) is 20.2. The molecule has 2 aromatic rings. The highest BCUT2D eigenvalue weighted by Crippen LogP contribution is 2.52. The topological polar surface area (TPSA) is 121 Å². The number of aliphatic hydroxyl groups excluding tert-OH is 1. The summed E-state index contributed by atoms with van der Waals surface area (Å²) in [6.07, 6.45) is -0.438. The number of nitrogens with one attached hydrogen (secondary N) is 1. The second-order valence-electron chi connectivity index (χ2n) is 9.20. The van der Waals surface area contributed by atoms with Crippen LogP contribution in [0, 0.1) is 23.5 Å². The predicted octanol–water partition coefficient (Wildman–Crippen LogP) is 3.51. The smallest absolute Gasteiger partial charge is 0.255 e. The van der Waals surface area contributed by atoms with E-state index in [1.54, 1.807) is 0 Å². The molecule has 0 heterocycles. The Kier molecular flexibility index (Phi) is 6.78. The Bertz CT molecular complexity index is 1280. The van der Waals surface area contributed by atoms with E-state index in [2.05, 4.69) is 5.32 Å². The summed E-state index contributed by atoms with van der Waals surface area (Å²) < 4.78 is 53.7. The summed E-state index contributed by atoms with van der Waals surface area (Å²) in [6, 6.07) is 6.51. The number of carbonyl (C=O) groups is 2. The lowest BCUT2D eigenvalue weighted by Gasteiger charge is -2.41. The number of anilines is 1. The van der Waals surface area contributed by atoms with Crippen molar-refractivity contribution < 1.29 is 37.0 Å². The van der Waals surface area contributed by atoms with Crippen molar-refractivity contribution in [2.24, 2.45) is 11.8 Å². The number of sulfone groups is 1. The van der Waals surface area contributed by atoms with Crippen LogP contribution in [0.25, 0.3) is 0 Å². The maximum absolute atomic E-state index is 13.5. The van der Waals surface area contributed by atoms with Crippen LogP contribution >= 0.6 is 11.6 Å². The van der Waals surface area contributed by atoms with Crippen LogP contribution in [0.3, 0.4) is 0 Å². The van der Waals surface area contributed by atoms with Gasteiger partial charge in [0.15, 0.2) is 27.3 Å². The molecule has 2 aliphatic carbocycles. The fourth-order valence-electron chi connectivity index (χ4n) is 5.31. The van der Waals surface area contributed by atoms with E-state index in [4.69, 9.17) is 11.6 Å². The van der Waals surface area contributed by atoms with Crippen LogP contribution in [-0.4, -0.2) is 47.3 Å². The molecule has 0 aliphatic heterocycles. The Labute approximate surface area is 206 Å². The van der Waals surface area contributed by atoms with Gasteiger partial charge in [-0.05, 0) is 74.8 Å². The van der Waals surface area contributed by atoms with Crippen molar-refractivity contribution in [2.45, 2.75) is 54.5 Å². The normalized spacial score (nSPS) is 26.9. The van der Waals surface area contributed by atoms with Crippen molar-refractivity contribution in [1.82, 2.24) is 0 Å². The number of carbonyl (C=O) groups excluding carboxylic acids is 2. The van der Waals surface area contributed by atoms with Gasteiger partial charge in [-0.25, -0.2) is 17.2 Å². The van der Waals surface area contributed by atoms with Crippen molar-refractivity contribution in [2.75, 3.05) is 5.32 Å². The zero-order chi connectivity index (χ0) is 25.7. The fourth-order valence-corrected chi connectivity index (χ4v) is 7.71. The molecule has 4 rings (SSSR count). The molecule has 188 valence electrons. The second-order valence-corrected chi connectivity index (χ2v) is 11.8. The number of hydrogen-bond acceptors (Lipinski definition) is 6. The van der Waals surface area contributed by atoms with Crippen molar-refractivity contribution >= 4 is 38.8 Å². The molecule has 0 saturated heterocycles. The lowest BCUT2D eigenvalue weighted by atomic mass is 9.71. The van der Waals surface area contributed by atoms with Crippen molar-refractivity contribution in [3.8, 4) is 0 Å². The summed E-state index contributed by atoms with van der Waals surface area (Å²) in [6.45, 7) is 1.28. The summed E-state index contributed by atoms with van der Waals surface area (Å²) in [5, 5.41) is 22.2. The van der Waals surface area contributed by atoms with E-state index in [0.717, 1.165) is 24.3 Å². The predicted molar refractivity (Wildman–Crippen MR) is 124 cm³/mol. The number of rotatable bonds is 6. The molecule has 1 amide bonds. The molecule has 2 saturated carbocycles. The third-order valence-corrected chi connectivity index (χ3v) is 9.75. The number of hydrogen-bond donors (Lipinski definition) is 3. The zero-order valence-electron chi connectivity index (χ0n) is 18.7. The standard InChI is InChI=1S/C24H24ClF2NO6S/c1-12(29)22(30)24(32)14-3-4-15(24)10-17(9-14)35(33,34)21-8-13(2-6-18(21)25)23(31)28-16-5-7-19(26)20(27)11-16/h2,5-8,11-12,14-15,17,29,32H,3-4,9-10H2,1H3,(H,28,31)/t12-,14?,15?,17-,24-/m0/s1. The minimum atomic E-state index is -4.06. The maximum atomic E-state index is 13.5. The summed E-state index contributed by atoms with van der Waals surface area (Å²) in [4.78, 5) is 24.9. The molecule has 3 atom stereocenters. The molecule has 2 unspecified atom stereocenters. The second kappa shape index (κ2) is 9.24. The van der Waals surface area contributed by atoms with Gasteiger partial charge >= 0.3 is 0 Å². The third kappa shape index (κ3) is 4.48. The van der Waals surface area contributed by atoms with Gasteiger partial charge in [0.25, 0.3) is 5.91 Å². The molecule has 35 heavy (non-hydrogen) atoms. The Morgan fingerprint density at radius 1 is 1.09 bits per heavy atom. The van der Waals surface area contributed by atoms with E-state index >= 15 is 0 Å². The number of fused-ring (bicyclic) bond motifs is 2. The molecule has 0 spiro atoms. The number of aliphatic hydroxyl groups is 2. The Hall–Kier alpha value is -2.40. The first-order valence-corrected chi connectivity index (χ1v) is 13.0. The van der Waals surface area contributed by atoms with Crippen LogP contribution in [0.15, 0.2) is 41.3 Å². The fraction of sp³-hybridized carbons (Fsp3) is 0.417. The van der Waals surface area contributed by atoms with Gasteiger partial charge < -0.3 is 15.5 Å². The molecule has 3 N–H and O–H groups in total. The molecular formula is C24H24ClF2NO6S. The SMILES string of the molecule is C[C@H](O)C(=O)[C@]1(O)C2CCC1C[C@@H](S(=O)(=O)c1cc(C(=O)Nc3ccc(F)c(F)c3)ccc1Cl)C2. The van der Waals surface area contributed by atoms with E-state index in [0.29, 0.717) is 12.8 Å². The average Bonchev–Trinajstić information content (AvgIpc) is 2.97. The highest BCUT2D eigenvalue weighted by molar-refractivity contribution is 7.92. The first-order valence-electron chi connectivity index (χ1n) is 11.1. The lowest BCUT2D eigenvalue weighted by Crippen LogP contribution is -2.56. The largest absolute Gasteiger partial charge is 0.385 e. The summed E-state index contributed by atoms with van der Waals surface area (Å²) in [7, 11) is -4.06. The van der Waals surface area contributed by atoms with Gasteiger partial charge in [-0.1, -0.05) is 11.6 Å². The van der Waals surface area contributed by atoms with Crippen LogP contribution < -0.4 is 5.32 Å². The highest BCUT2D eigenvalue weighted by atomic mass is 35.5. The van der Waals surface area contributed by atoms with Crippen LogP contribution in [-0.2, 0) is 14.6 Å². The van der Waals surface area contributed by atoms with Gasteiger partial charge in [0, 0.05) is 17.3 Å². The van der Waals surface area contributed by atoms with Crippen LogP contribution in [0.2, 0.25) is 5.02 Å². The molecule has 0 radical (unpaired) electrons. The maximum Gasteiger partial charge on any atom is 0.255 e. The van der Waals surface area contributed by atoms with Crippen molar-refractivity contribution in [3.63, 3.8) is 0 Å². The first-order chi connectivity index (χ1) is 16.4. The minimum absolute atomic E-state index is 0.00933. The van der Waals surface area contributed by atoms with Crippen LogP contribution in [0.4, 0.5) is 14.5 Å². The third-order valence-electron chi connectivity index (χ3n) is 7.09. The summed E-state index contributed by atoms with van der Waals surface area (Å²) >= 11 is 6.20. The van der Waals surface area contributed by atoms with Gasteiger partial charge in [0.2, 0.25) is 0 Å². The quantitative estimate of drug-likeness (QED) is 0.528. The number of amides is 1. The van der Waals surface area contributed by atoms with Crippen molar-refractivity contribution in [1.29, 1.82) is 0 Å². The van der Waals surface area contributed by atoms with Gasteiger partial charge in [-0.15, -0.1) is 0 Å². The number of benzene rings is 2. The summed E-state index contributed by atoms with van der Waals surface area (Å²) in [5.41, 5.74) is -1.84. The molecule has 2 bridgehead atoms. The van der Waals surface area contributed by atoms with Crippen molar-refractivity contribution in [3.05, 3.63) is 58.6 Å². The summed E-state index contributed by atoms with van der Waals surface area (Å²) in [5.74, 6) is -4.92. The number of halogens is 3. The van der Waals surface area contributed by atoms with E-state index in [9.17, 15) is 37.0 Å². The molecule has 2 aromatic carbocycles. The van der Waals surface area contributed by atoms with Gasteiger partial charge in [0.05, 0.1) is 15.2 Å². The van der Waals surface area contributed by atoms with E-state index < -0.39 is 62.0 Å². The van der Waals surface area contributed by atoms with E-state index in [-0.39, 0.29) is 34.0 Å². The van der Waals surface area contributed by atoms with E-state index in [1.807, 2.05) is 0 Å². The lowest BCUT2D eigenvalue weighted by molar-refractivity contribution is -0.157. The molecule has 2 aliphatic rings. The Morgan fingerprint density at radius 2 is 1.71 bits per heavy atom. The number of ketones is 1. The van der Waals surface area contributed by atoms with Gasteiger partial charge in [0.1, 0.15) is 11.7 Å². The monoisotopic (exact) mass is 527 g/mol. The number of Topliss-reactive ketones (excluding diaryl/α,β-unsaturated/α-hetero) is 1. The minimum Gasteiger partial charge on any atom is -0.385 e. The van der Waals surface area contributed by atoms with Gasteiger partial charge in [-0.2, -0.15) is 0 Å². The van der Waals surface area contributed by atoms with Crippen LogP contribution in [0.5, 0.6) is 0 Å². The first kappa shape index (κ1) is 25.7. The molecule has 11 heteroatoms. The Balaban J connectivity index is 1.59. The average molecular weight is 528 g/mol. The molecule has 7 nitrogen and oxygen atoms in total. The van der Waals surface area contributed by atoms with Crippen LogP contribution in [0.1, 0.15) is 43.0 Å². The Morgan fingerprint density at radius 3 is 2.29 bits per heavy atom.